The number of ether oxygens (including phenoxy) is 3. The number of nitrogens with zero attached hydrogens (tertiary/aromatic N) is 4. The van der Waals surface area contributed by atoms with E-state index in [1.165, 1.54) is 58.8 Å². The van der Waals surface area contributed by atoms with E-state index in [1.807, 2.05) is 27.7 Å². The van der Waals surface area contributed by atoms with Gasteiger partial charge in [0, 0.05) is 34.1 Å². The topological polar surface area (TPSA) is 271 Å². The summed E-state index contributed by atoms with van der Waals surface area (Å²) >= 11 is 0. The van der Waals surface area contributed by atoms with Crippen LogP contribution in [0.15, 0.2) is 24.3 Å². The fourth-order valence-electron chi connectivity index (χ4n) is 9.08. The molecule has 73 heavy (non-hydrogen) atoms. The summed E-state index contributed by atoms with van der Waals surface area (Å²) in [4.78, 5) is 132. The van der Waals surface area contributed by atoms with Crippen LogP contribution in [0.2, 0.25) is 0 Å². The summed E-state index contributed by atoms with van der Waals surface area (Å²) in [7, 11) is 5.65. The quantitative estimate of drug-likeness (QED) is 0.166. The smallest absolute Gasteiger partial charge is 0.329 e. The van der Waals surface area contributed by atoms with Crippen molar-refractivity contribution in [2.75, 3.05) is 34.8 Å². The molecule has 0 unspecified atom stereocenters. The van der Waals surface area contributed by atoms with E-state index in [1.54, 1.807) is 52.0 Å². The van der Waals surface area contributed by atoms with Gasteiger partial charge >= 0.3 is 11.9 Å². The molecule has 0 bridgehead atoms. The lowest BCUT2D eigenvalue weighted by atomic mass is 9.95. The van der Waals surface area contributed by atoms with Crippen LogP contribution in [0.5, 0.6) is 5.75 Å². The normalized spacial score (nSPS) is 26.5. The molecule has 1 aromatic rings. The van der Waals surface area contributed by atoms with Gasteiger partial charge in [-0.3, -0.25) is 38.4 Å². The molecule has 3 rings (SSSR count). The largest absolute Gasteiger partial charge is 0.497 e. The number of benzene rings is 1. The number of hydrogen-bond donors (Lipinski definition) is 5. The number of esters is 2. The van der Waals surface area contributed by atoms with Gasteiger partial charge in [0.1, 0.15) is 54.2 Å². The third-order valence-electron chi connectivity index (χ3n) is 13.6. The molecule has 21 heteroatoms. The molecule has 2 heterocycles. The highest BCUT2D eigenvalue weighted by molar-refractivity contribution is 5.96. The number of nitrogens with one attached hydrogen (secondary N) is 3. The number of likely N-dealkylation sites (tertiary alicyclic amines) is 1. The second kappa shape index (κ2) is 27.5. The number of methoxy groups -OCH3 is 1. The van der Waals surface area contributed by atoms with Gasteiger partial charge in [0.25, 0.3) is 11.8 Å². The maximum Gasteiger partial charge on any atom is 0.329 e. The minimum absolute atomic E-state index is 0.0860. The molecule has 0 spiro atoms. The second-order valence-corrected chi connectivity index (χ2v) is 21.1. The van der Waals surface area contributed by atoms with E-state index in [2.05, 4.69) is 16.0 Å². The molecule has 21 nitrogen and oxygen atoms in total. The Balaban J connectivity index is 2.23. The zero-order valence-electron chi connectivity index (χ0n) is 45.5. The highest BCUT2D eigenvalue weighted by atomic mass is 16.6. The van der Waals surface area contributed by atoms with E-state index in [4.69, 9.17) is 14.2 Å². The Kier molecular flexibility index (Phi) is 23.1. The molecule has 0 saturated carbocycles. The van der Waals surface area contributed by atoms with Gasteiger partial charge in [0.05, 0.1) is 25.7 Å². The first kappa shape index (κ1) is 61.5. The van der Waals surface area contributed by atoms with Crippen molar-refractivity contribution < 1.29 is 67.6 Å². The van der Waals surface area contributed by atoms with Crippen molar-refractivity contribution in [1.29, 1.82) is 0 Å². The highest BCUT2D eigenvalue weighted by Crippen LogP contribution is 2.24. The van der Waals surface area contributed by atoms with Crippen molar-refractivity contribution in [3.05, 3.63) is 29.8 Å². The Hall–Kier alpha value is -5.83. The van der Waals surface area contributed by atoms with Gasteiger partial charge in [-0.2, -0.15) is 0 Å². The number of likely N-dealkylation sites (N-methyl/N-ethyl adjacent to an activating group) is 3. The molecule has 7 amide bonds. The van der Waals surface area contributed by atoms with Crippen LogP contribution in [-0.4, -0.2) is 185 Å². The number of carbonyl (C=O) groups excluding carboxylic acids is 9. The monoisotopic (exact) mass is 1030 g/mol. The zero-order chi connectivity index (χ0) is 55.3. The zero-order valence-corrected chi connectivity index (χ0v) is 45.5. The molecule has 0 aromatic heterocycles. The first-order chi connectivity index (χ1) is 34.0. The SMILES string of the molecule is COc1ccc(C[C@H]2C(=O)O[C@H](C)[C@H](NC(=O)[C@@H](CC(C)C)N(C)C(=O)[C@@H]3CCCN3C(=O)[C@H](C)O)C(=O)N[C@H](C(C)C)[C@@H](O)CC(=O)O[C@@H](C(C)C)C(=O)N[C@@H](CC(C)C)C(=O)N(C)[C@@H](C)C(=O)N2C)cc1. The predicted octanol–water partition coefficient (Wildman–Crippen LogP) is 1.58. The van der Waals surface area contributed by atoms with Crippen LogP contribution in [0.1, 0.15) is 114 Å². The molecule has 2 aliphatic rings. The number of cyclic esters (lactones) is 2. The van der Waals surface area contributed by atoms with Gasteiger partial charge in [0.15, 0.2) is 6.10 Å². The van der Waals surface area contributed by atoms with Crippen LogP contribution in [0.3, 0.4) is 0 Å². The van der Waals surface area contributed by atoms with Crippen molar-refractivity contribution in [2.45, 2.75) is 181 Å². The van der Waals surface area contributed by atoms with E-state index in [0.717, 1.165) is 9.80 Å². The van der Waals surface area contributed by atoms with Crippen LogP contribution in [-0.2, 0) is 59.0 Å². The molecule has 410 valence electrons. The lowest BCUT2D eigenvalue weighted by Crippen LogP contribution is -2.62. The van der Waals surface area contributed by atoms with E-state index < -0.39 is 138 Å². The Morgan fingerprint density at radius 1 is 0.849 bits per heavy atom. The molecule has 2 fully saturated rings. The Morgan fingerprint density at radius 3 is 2.00 bits per heavy atom. The molecule has 11 atom stereocenters. The Morgan fingerprint density at radius 2 is 1.47 bits per heavy atom. The summed E-state index contributed by atoms with van der Waals surface area (Å²) in [6.07, 6.45) is -5.74. The molecule has 0 aliphatic carbocycles. The van der Waals surface area contributed by atoms with E-state index in [9.17, 15) is 53.4 Å². The van der Waals surface area contributed by atoms with Crippen molar-refractivity contribution in [1.82, 2.24) is 35.6 Å². The minimum atomic E-state index is -1.74. The fraction of sp³-hybridized carbons (Fsp3) is 0.712. The molecule has 5 N–H and O–H groups in total. The maximum absolute atomic E-state index is 14.8. The number of rotatable bonds is 14. The predicted molar refractivity (Wildman–Crippen MR) is 269 cm³/mol. The third-order valence-corrected chi connectivity index (χ3v) is 13.6. The van der Waals surface area contributed by atoms with Crippen molar-refractivity contribution in [3.8, 4) is 5.75 Å². The number of aliphatic hydroxyl groups is 2. The Bertz CT molecular complexity index is 2100. The van der Waals surface area contributed by atoms with Crippen LogP contribution < -0.4 is 20.7 Å². The first-order valence-corrected chi connectivity index (χ1v) is 25.4. The van der Waals surface area contributed by atoms with Gasteiger partial charge in [-0.25, -0.2) is 4.79 Å². The highest BCUT2D eigenvalue weighted by Gasteiger charge is 2.44. The van der Waals surface area contributed by atoms with Gasteiger partial charge in [-0.1, -0.05) is 67.5 Å². The number of aliphatic hydroxyl groups excluding tert-OH is 2. The summed E-state index contributed by atoms with van der Waals surface area (Å²) in [5.74, 6) is -8.04. The van der Waals surface area contributed by atoms with Gasteiger partial charge in [-0.05, 0) is 87.8 Å². The average molecular weight is 1030 g/mol. The number of hydrogen-bond acceptors (Lipinski definition) is 14. The molecule has 0 radical (unpaired) electrons. The van der Waals surface area contributed by atoms with Crippen molar-refractivity contribution >= 4 is 53.3 Å². The molecule has 2 saturated heterocycles. The van der Waals surface area contributed by atoms with Gasteiger partial charge < -0.3 is 60.0 Å². The Labute approximate surface area is 430 Å². The molecule has 2 aliphatic heterocycles. The minimum Gasteiger partial charge on any atom is -0.497 e. The van der Waals surface area contributed by atoms with Gasteiger partial charge in [0.2, 0.25) is 29.5 Å². The van der Waals surface area contributed by atoms with Crippen LogP contribution in [0, 0.1) is 23.7 Å². The van der Waals surface area contributed by atoms with Crippen molar-refractivity contribution in [3.63, 3.8) is 0 Å². The van der Waals surface area contributed by atoms with E-state index >= 15 is 0 Å². The van der Waals surface area contributed by atoms with Crippen LogP contribution in [0.25, 0.3) is 0 Å². The summed E-state index contributed by atoms with van der Waals surface area (Å²) in [5.41, 5.74) is 0.574. The summed E-state index contributed by atoms with van der Waals surface area (Å²) < 4.78 is 17.1. The number of carbonyl (C=O) groups is 9. The summed E-state index contributed by atoms with van der Waals surface area (Å²) in [6.45, 7) is 18.3. The summed E-state index contributed by atoms with van der Waals surface area (Å²) in [5, 5.41) is 29.9. The number of amides is 7. The van der Waals surface area contributed by atoms with Crippen LogP contribution >= 0.6 is 0 Å². The van der Waals surface area contributed by atoms with E-state index in [-0.39, 0.29) is 44.1 Å². The third kappa shape index (κ3) is 16.6. The molecular formula is C52H83N7O14. The molecule has 1 aromatic carbocycles. The lowest BCUT2D eigenvalue weighted by molar-refractivity contribution is -0.162. The van der Waals surface area contributed by atoms with Crippen molar-refractivity contribution in [2.24, 2.45) is 23.7 Å². The fourth-order valence-corrected chi connectivity index (χ4v) is 9.08. The second-order valence-electron chi connectivity index (χ2n) is 21.1. The van der Waals surface area contributed by atoms with E-state index in [0.29, 0.717) is 17.7 Å². The van der Waals surface area contributed by atoms with Gasteiger partial charge in [-0.15, -0.1) is 0 Å². The van der Waals surface area contributed by atoms with Crippen LogP contribution in [0.4, 0.5) is 0 Å². The first-order valence-electron chi connectivity index (χ1n) is 25.4. The standard InChI is InChI=1S/C52H83N7O14/c1-27(2)23-36-50(68)56(12)31(9)48(66)58(14)39(25-34-18-20-35(71-15)21-19-34)52(70)72-33(11)43(46(64)54-42(29(5)6)40(61)26-41(62)73-44(30(7)8)47(65)53-36)55-45(63)38(24-28(3)4)57(13)51(69)37-17-16-22-59(37)49(67)32(10)60/h18-21,27-33,36-40,42-44,60-61H,16-17,22-26H2,1-15H3,(H,53,65)(H,54,64)(H,55,63)/t31-,32-,33+,36-,37-,38+,39-,40-,42+,43-,44-/m0/s1. The lowest BCUT2D eigenvalue weighted by Gasteiger charge is -2.36. The molecular weight excluding hydrogens is 947 g/mol. The average Bonchev–Trinajstić information content (AvgIpc) is 3.82. The maximum atomic E-state index is 14.8. The summed E-state index contributed by atoms with van der Waals surface area (Å²) in [6, 6.07) is -2.21.